The average molecular weight is 251 g/mol. The molecule has 0 aromatic heterocycles. The summed E-state index contributed by atoms with van der Waals surface area (Å²) in [6, 6.07) is 0. The summed E-state index contributed by atoms with van der Waals surface area (Å²) in [5.41, 5.74) is 0. The number of allylic oxidation sites excluding steroid dienone is 3. The molecule has 76 valence electrons. The first-order valence-corrected chi connectivity index (χ1v) is 4.73. The summed E-state index contributed by atoms with van der Waals surface area (Å²) < 4.78 is 17.6. The van der Waals surface area contributed by atoms with Gasteiger partial charge in [-0.3, -0.25) is 0 Å². The third kappa shape index (κ3) is 11.4. The molecule has 0 N–H and O–H groups in total. The van der Waals surface area contributed by atoms with E-state index in [1.54, 1.807) is 0 Å². The molecule has 0 fully saturated rings. The summed E-state index contributed by atoms with van der Waals surface area (Å²) in [5, 5.41) is 0. The summed E-state index contributed by atoms with van der Waals surface area (Å²) in [6.07, 6.45) is 2.44. The van der Waals surface area contributed by atoms with Crippen molar-refractivity contribution in [2.24, 2.45) is 0 Å². The second-order valence-electron chi connectivity index (χ2n) is 2.27. The van der Waals surface area contributed by atoms with Gasteiger partial charge in [0.05, 0.1) is 7.11 Å². The van der Waals surface area contributed by atoms with Crippen molar-refractivity contribution in [3.63, 3.8) is 0 Å². The first-order chi connectivity index (χ1) is 5.99. The van der Waals surface area contributed by atoms with Gasteiger partial charge in [-0.05, 0) is 6.08 Å². The maximum absolute atomic E-state index is 12.6. The van der Waals surface area contributed by atoms with Gasteiger partial charge in [-0.2, -0.15) is 0 Å². The van der Waals surface area contributed by atoms with E-state index in [1.807, 2.05) is 0 Å². The number of hydrogen-bond acceptors (Lipinski definition) is 1. The lowest BCUT2D eigenvalue weighted by atomic mass is 10.4. The molecule has 3 heteroatoms. The number of methoxy groups -OCH3 is 1. The minimum Gasteiger partial charge on any atom is -0.494 e. The van der Waals surface area contributed by atoms with E-state index in [-0.39, 0.29) is 5.76 Å². The highest BCUT2D eigenvalue weighted by atomic mass is 79.9. The highest BCUT2D eigenvalue weighted by Crippen LogP contribution is 2.14. The standard InChI is InChI=1S/C7H8BrFO.C3H8/c1-5(8)4-7(9)6(2)10-3;1-3-2/h4H,1-2H2,3H3;3H2,1-2H3/b7-4+;. The van der Waals surface area contributed by atoms with Gasteiger partial charge in [0.1, 0.15) is 5.76 Å². The van der Waals surface area contributed by atoms with Crippen LogP contribution in [0.15, 0.2) is 35.3 Å². The molecule has 0 bridgehead atoms. The summed E-state index contributed by atoms with van der Waals surface area (Å²) in [6.45, 7) is 11.0. The van der Waals surface area contributed by atoms with Crippen LogP contribution in [-0.4, -0.2) is 7.11 Å². The molecular weight excluding hydrogens is 235 g/mol. The van der Waals surface area contributed by atoms with E-state index in [0.29, 0.717) is 4.48 Å². The summed E-state index contributed by atoms with van der Waals surface area (Å²) in [5.74, 6) is -0.523. The molecular formula is C10H16BrFO. The predicted molar refractivity (Wildman–Crippen MR) is 59.4 cm³/mol. The van der Waals surface area contributed by atoms with Crippen LogP contribution < -0.4 is 0 Å². The second kappa shape index (κ2) is 9.52. The van der Waals surface area contributed by atoms with Gasteiger partial charge in [0.25, 0.3) is 0 Å². The van der Waals surface area contributed by atoms with E-state index in [0.717, 1.165) is 0 Å². The minimum absolute atomic E-state index is 0.000556. The van der Waals surface area contributed by atoms with Crippen molar-refractivity contribution < 1.29 is 9.13 Å². The average Bonchev–Trinajstić information content (AvgIpc) is 2.03. The fourth-order valence-electron chi connectivity index (χ4n) is 0.315. The molecule has 0 amide bonds. The molecule has 0 saturated heterocycles. The Morgan fingerprint density at radius 1 is 1.46 bits per heavy atom. The fourth-order valence-corrected chi connectivity index (χ4v) is 0.516. The van der Waals surface area contributed by atoms with Gasteiger partial charge in [0.15, 0.2) is 5.83 Å². The zero-order chi connectivity index (χ0) is 10.9. The molecule has 0 saturated carbocycles. The van der Waals surface area contributed by atoms with Crippen LogP contribution in [0.3, 0.4) is 0 Å². The Bertz CT molecular complexity index is 197. The van der Waals surface area contributed by atoms with Crippen LogP contribution in [0.5, 0.6) is 0 Å². The molecule has 0 aliphatic heterocycles. The Kier molecular flexibility index (Phi) is 10.9. The topological polar surface area (TPSA) is 9.23 Å². The van der Waals surface area contributed by atoms with Crippen molar-refractivity contribution in [1.29, 1.82) is 0 Å². The summed E-state index contributed by atoms with van der Waals surface area (Å²) in [4.78, 5) is 0. The first-order valence-electron chi connectivity index (χ1n) is 3.94. The molecule has 1 nitrogen and oxygen atoms in total. The van der Waals surface area contributed by atoms with Gasteiger partial charge in [-0.25, -0.2) is 4.39 Å². The van der Waals surface area contributed by atoms with E-state index in [1.165, 1.54) is 19.6 Å². The van der Waals surface area contributed by atoms with Gasteiger partial charge in [-0.15, -0.1) is 0 Å². The molecule has 0 aliphatic rings. The van der Waals surface area contributed by atoms with Gasteiger partial charge >= 0.3 is 0 Å². The van der Waals surface area contributed by atoms with Gasteiger partial charge < -0.3 is 4.74 Å². The summed E-state index contributed by atoms with van der Waals surface area (Å²) in [7, 11) is 1.35. The van der Waals surface area contributed by atoms with Crippen LogP contribution in [0.1, 0.15) is 20.3 Å². The van der Waals surface area contributed by atoms with Crippen molar-refractivity contribution in [1.82, 2.24) is 0 Å². The van der Waals surface area contributed by atoms with Crippen LogP contribution in [0, 0.1) is 0 Å². The Morgan fingerprint density at radius 3 is 2.08 bits per heavy atom. The first kappa shape index (κ1) is 14.9. The molecule has 0 atom stereocenters. The van der Waals surface area contributed by atoms with E-state index in [9.17, 15) is 4.39 Å². The second-order valence-corrected chi connectivity index (χ2v) is 3.29. The van der Waals surface area contributed by atoms with Crippen molar-refractivity contribution in [2.45, 2.75) is 20.3 Å². The third-order valence-corrected chi connectivity index (χ3v) is 1.03. The largest absolute Gasteiger partial charge is 0.494 e. The smallest absolute Gasteiger partial charge is 0.165 e. The maximum Gasteiger partial charge on any atom is 0.165 e. The Morgan fingerprint density at radius 2 is 1.85 bits per heavy atom. The number of rotatable bonds is 3. The third-order valence-electron chi connectivity index (χ3n) is 0.796. The Hall–Kier alpha value is -0.570. The van der Waals surface area contributed by atoms with Gasteiger partial charge in [0, 0.05) is 4.48 Å². The molecule has 0 spiro atoms. The number of hydrogen-bond donors (Lipinski definition) is 0. The van der Waals surface area contributed by atoms with Crippen LogP contribution in [0.4, 0.5) is 4.39 Å². The van der Waals surface area contributed by atoms with Crippen LogP contribution in [-0.2, 0) is 4.74 Å². The van der Waals surface area contributed by atoms with E-state index in [4.69, 9.17) is 0 Å². The van der Waals surface area contributed by atoms with Crippen molar-refractivity contribution in [3.8, 4) is 0 Å². The molecule has 0 rings (SSSR count). The van der Waals surface area contributed by atoms with E-state index >= 15 is 0 Å². The van der Waals surface area contributed by atoms with Crippen LogP contribution in [0.2, 0.25) is 0 Å². The SMILES string of the molecule is C=C(Br)/C=C(/F)C(=C)OC.CCC. The lowest BCUT2D eigenvalue weighted by Crippen LogP contribution is -1.83. The number of halogens is 2. The van der Waals surface area contributed by atoms with Crippen molar-refractivity contribution in [2.75, 3.05) is 7.11 Å². The van der Waals surface area contributed by atoms with E-state index in [2.05, 4.69) is 47.7 Å². The van der Waals surface area contributed by atoms with E-state index < -0.39 is 5.83 Å². The highest BCUT2D eigenvalue weighted by Gasteiger charge is 1.98. The Labute approximate surface area is 88.1 Å². The zero-order valence-electron chi connectivity index (χ0n) is 8.36. The molecule has 0 aromatic rings. The van der Waals surface area contributed by atoms with Crippen molar-refractivity contribution in [3.05, 3.63) is 35.3 Å². The lowest BCUT2D eigenvalue weighted by Gasteiger charge is -1.98. The van der Waals surface area contributed by atoms with Gasteiger partial charge in [-0.1, -0.05) is 49.4 Å². The molecule has 0 aliphatic carbocycles. The zero-order valence-corrected chi connectivity index (χ0v) is 9.95. The summed E-state index contributed by atoms with van der Waals surface area (Å²) >= 11 is 2.96. The molecule has 0 radical (unpaired) electrons. The lowest BCUT2D eigenvalue weighted by molar-refractivity contribution is 0.285. The maximum atomic E-state index is 12.6. The quantitative estimate of drug-likeness (QED) is 0.536. The van der Waals surface area contributed by atoms with Crippen LogP contribution in [0.25, 0.3) is 0 Å². The monoisotopic (exact) mass is 250 g/mol. The predicted octanol–water partition coefficient (Wildman–Crippen LogP) is 4.32. The van der Waals surface area contributed by atoms with Crippen molar-refractivity contribution >= 4 is 15.9 Å². The number of ether oxygens (including phenoxy) is 1. The molecule has 13 heavy (non-hydrogen) atoms. The highest BCUT2D eigenvalue weighted by molar-refractivity contribution is 9.11. The Balaban J connectivity index is 0. The van der Waals surface area contributed by atoms with Gasteiger partial charge in [0.2, 0.25) is 0 Å². The molecule has 0 heterocycles. The molecule has 0 unspecified atom stereocenters. The van der Waals surface area contributed by atoms with Crippen LogP contribution >= 0.6 is 15.9 Å². The fraction of sp³-hybridized carbons (Fsp3) is 0.400. The normalized spacial score (nSPS) is 9.77. The molecule has 0 aromatic carbocycles. The minimum atomic E-state index is -0.524.